The van der Waals surface area contributed by atoms with Crippen LogP contribution in [0.2, 0.25) is 0 Å². The van der Waals surface area contributed by atoms with Crippen LogP contribution in [0, 0.1) is 10.1 Å². The van der Waals surface area contributed by atoms with Crippen molar-refractivity contribution in [2.24, 2.45) is 10.7 Å². The van der Waals surface area contributed by atoms with Crippen molar-refractivity contribution in [2.75, 3.05) is 13.1 Å². The Morgan fingerprint density at radius 1 is 1.71 bits per heavy atom. The molecule has 96 valence electrons. The zero-order valence-corrected chi connectivity index (χ0v) is 9.45. The van der Waals surface area contributed by atoms with Gasteiger partial charge in [0.05, 0.1) is 17.7 Å². The fraction of sp³-hybridized carbons (Fsp3) is 0.625. The minimum absolute atomic E-state index is 0.0544. The number of nitrogens with one attached hydrogen (secondary N) is 1. The van der Waals surface area contributed by atoms with Crippen molar-refractivity contribution >= 4 is 16.8 Å². The molecule has 0 bridgehead atoms. The van der Waals surface area contributed by atoms with E-state index in [9.17, 15) is 18.9 Å². The number of aliphatic imine (C=N–C) groups is 1. The highest BCUT2D eigenvalue weighted by Crippen LogP contribution is 2.27. The number of rotatable bonds is 3. The van der Waals surface area contributed by atoms with Crippen molar-refractivity contribution in [3.63, 3.8) is 0 Å². The summed E-state index contributed by atoms with van der Waals surface area (Å²) in [6, 6.07) is -1.37. The average molecular weight is 269 g/mol. The Kier molecular flexibility index (Phi) is 4.35. The quantitative estimate of drug-likeness (QED) is 0.447. The minimum Gasteiger partial charge on any atom is -0.399 e. The van der Waals surface area contributed by atoms with Gasteiger partial charge in [0.15, 0.2) is 0 Å². The number of hydrogen-bond acceptors (Lipinski definition) is 5. The highest BCUT2D eigenvalue weighted by atomic mass is 35.5. The van der Waals surface area contributed by atoms with E-state index >= 15 is 0 Å². The van der Waals surface area contributed by atoms with Crippen molar-refractivity contribution in [1.29, 1.82) is 0 Å². The Morgan fingerprint density at radius 2 is 2.35 bits per heavy atom. The lowest BCUT2D eigenvalue weighted by atomic mass is 10.0. The molecular weight excluding hydrogens is 258 g/mol. The maximum atomic E-state index is 13.3. The van der Waals surface area contributed by atoms with Crippen LogP contribution in [0.4, 0.5) is 8.78 Å². The van der Waals surface area contributed by atoms with Gasteiger partial charge in [0.25, 0.3) is 5.92 Å². The van der Waals surface area contributed by atoms with Crippen LogP contribution in [0.25, 0.3) is 0 Å². The second-order valence-corrected chi connectivity index (χ2v) is 3.83. The smallest absolute Gasteiger partial charge is 0.321 e. The molecule has 1 heterocycles. The van der Waals surface area contributed by atoms with E-state index in [1.165, 1.54) is 0 Å². The van der Waals surface area contributed by atoms with Crippen LogP contribution in [0.3, 0.4) is 0 Å². The van der Waals surface area contributed by atoms with E-state index in [4.69, 9.17) is 17.3 Å². The maximum absolute atomic E-state index is 13.3. The monoisotopic (exact) mass is 268 g/mol. The van der Waals surface area contributed by atoms with Crippen LogP contribution >= 0.6 is 11.6 Å². The SMILES string of the molecule is NC=C(C(Cl)=NC1CCNCC1(F)F)[N+](=O)[O-]. The first-order chi connectivity index (χ1) is 7.88. The van der Waals surface area contributed by atoms with Gasteiger partial charge in [-0.05, 0) is 13.0 Å². The molecule has 1 unspecified atom stereocenters. The van der Waals surface area contributed by atoms with E-state index in [0.29, 0.717) is 12.7 Å². The van der Waals surface area contributed by atoms with Gasteiger partial charge >= 0.3 is 5.70 Å². The first-order valence-corrected chi connectivity index (χ1v) is 5.15. The molecule has 1 aliphatic rings. The Hall–Kier alpha value is -1.28. The molecule has 0 radical (unpaired) electrons. The van der Waals surface area contributed by atoms with Gasteiger partial charge in [0, 0.05) is 0 Å². The highest BCUT2D eigenvalue weighted by molar-refractivity contribution is 6.69. The number of alkyl halides is 2. The van der Waals surface area contributed by atoms with E-state index in [-0.39, 0.29) is 6.42 Å². The van der Waals surface area contributed by atoms with Crippen LogP contribution < -0.4 is 11.1 Å². The van der Waals surface area contributed by atoms with Gasteiger partial charge in [-0.3, -0.25) is 15.1 Å². The summed E-state index contributed by atoms with van der Waals surface area (Å²) in [5.74, 6) is -3.07. The van der Waals surface area contributed by atoms with E-state index in [0.717, 1.165) is 0 Å². The molecule has 0 aromatic carbocycles. The van der Waals surface area contributed by atoms with Gasteiger partial charge in [-0.2, -0.15) is 0 Å². The molecule has 1 aliphatic heterocycles. The van der Waals surface area contributed by atoms with Gasteiger partial charge in [-0.15, -0.1) is 0 Å². The molecule has 0 aromatic rings. The van der Waals surface area contributed by atoms with E-state index in [1.807, 2.05) is 0 Å². The molecule has 1 atom stereocenters. The Bertz CT molecular complexity index is 373. The summed E-state index contributed by atoms with van der Waals surface area (Å²) >= 11 is 5.51. The van der Waals surface area contributed by atoms with Crippen LogP contribution in [0.15, 0.2) is 16.9 Å². The number of allylic oxidation sites excluding steroid dienone is 1. The number of hydrogen-bond donors (Lipinski definition) is 2. The van der Waals surface area contributed by atoms with Crippen molar-refractivity contribution in [3.8, 4) is 0 Å². The van der Waals surface area contributed by atoms with Crippen LogP contribution in [-0.2, 0) is 0 Å². The first-order valence-electron chi connectivity index (χ1n) is 4.77. The highest BCUT2D eigenvalue weighted by Gasteiger charge is 2.42. The molecular formula is C8H11ClF2N4O2. The van der Waals surface area contributed by atoms with E-state index in [2.05, 4.69) is 10.3 Å². The standard InChI is InChI=1S/C8H11ClF2N4O2/c9-7(5(3-12)15(16)17)14-6-1-2-13-4-8(6,10)11/h3,6,13H,1-2,4,12H2. The number of halogens is 3. The molecule has 0 saturated carbocycles. The van der Waals surface area contributed by atoms with Crippen LogP contribution in [0.1, 0.15) is 6.42 Å². The molecule has 0 amide bonds. The third-order valence-electron chi connectivity index (χ3n) is 2.28. The molecule has 3 N–H and O–H groups in total. The van der Waals surface area contributed by atoms with Gasteiger partial charge in [0.2, 0.25) is 5.17 Å². The Labute approximate surface area is 101 Å². The molecule has 1 saturated heterocycles. The van der Waals surface area contributed by atoms with E-state index < -0.39 is 34.3 Å². The number of piperidine rings is 1. The normalized spacial score (nSPS) is 25.7. The van der Waals surface area contributed by atoms with Crippen molar-refractivity contribution in [3.05, 3.63) is 22.0 Å². The minimum atomic E-state index is -3.07. The Morgan fingerprint density at radius 3 is 2.82 bits per heavy atom. The molecule has 17 heavy (non-hydrogen) atoms. The lowest BCUT2D eigenvalue weighted by molar-refractivity contribution is -0.414. The second kappa shape index (κ2) is 5.37. The molecule has 0 aliphatic carbocycles. The first kappa shape index (κ1) is 13.8. The van der Waals surface area contributed by atoms with Crippen molar-refractivity contribution < 1.29 is 13.7 Å². The molecule has 9 heteroatoms. The van der Waals surface area contributed by atoms with Crippen molar-refractivity contribution in [2.45, 2.75) is 18.4 Å². The van der Waals surface area contributed by atoms with Crippen LogP contribution in [0.5, 0.6) is 0 Å². The zero-order chi connectivity index (χ0) is 13.1. The van der Waals surface area contributed by atoms with Gasteiger partial charge in [0.1, 0.15) is 6.04 Å². The van der Waals surface area contributed by atoms with Gasteiger partial charge in [-0.25, -0.2) is 8.78 Å². The summed E-state index contributed by atoms with van der Waals surface area (Å²) in [5.41, 5.74) is 4.30. The zero-order valence-electron chi connectivity index (χ0n) is 8.70. The third-order valence-corrected chi connectivity index (χ3v) is 2.57. The largest absolute Gasteiger partial charge is 0.399 e. The molecule has 0 aromatic heterocycles. The fourth-order valence-corrected chi connectivity index (χ4v) is 1.64. The topological polar surface area (TPSA) is 93.5 Å². The molecule has 1 fully saturated rings. The van der Waals surface area contributed by atoms with Gasteiger partial charge in [-0.1, -0.05) is 11.6 Å². The summed E-state index contributed by atoms with van der Waals surface area (Å²) in [6.45, 7) is -0.167. The average Bonchev–Trinajstić information content (AvgIpc) is 2.21. The summed E-state index contributed by atoms with van der Waals surface area (Å²) in [6.07, 6.45) is 0.684. The third kappa shape index (κ3) is 3.34. The maximum Gasteiger partial charge on any atom is 0.321 e. The summed E-state index contributed by atoms with van der Waals surface area (Å²) in [5, 5.41) is 12.4. The summed E-state index contributed by atoms with van der Waals surface area (Å²) in [7, 11) is 0. The predicted octanol–water partition coefficient (Wildman–Crippen LogP) is 0.698. The van der Waals surface area contributed by atoms with Crippen molar-refractivity contribution in [1.82, 2.24) is 5.32 Å². The summed E-state index contributed by atoms with van der Waals surface area (Å²) < 4.78 is 26.7. The lowest BCUT2D eigenvalue weighted by Crippen LogP contribution is -2.48. The summed E-state index contributed by atoms with van der Waals surface area (Å²) in [4.78, 5) is 13.1. The van der Waals surface area contributed by atoms with E-state index in [1.54, 1.807) is 0 Å². The fourth-order valence-electron chi connectivity index (χ4n) is 1.39. The second-order valence-electron chi connectivity index (χ2n) is 3.47. The number of nitrogens with two attached hydrogens (primary N) is 1. The molecule has 0 spiro atoms. The lowest BCUT2D eigenvalue weighted by Gasteiger charge is -2.28. The number of nitrogens with zero attached hydrogens (tertiary/aromatic N) is 2. The Balaban J connectivity index is 2.90. The molecule has 6 nitrogen and oxygen atoms in total. The van der Waals surface area contributed by atoms with Gasteiger partial charge < -0.3 is 11.1 Å². The number of nitro groups is 1. The molecule has 1 rings (SSSR count). The predicted molar refractivity (Wildman–Crippen MR) is 58.8 cm³/mol. The van der Waals surface area contributed by atoms with Crippen LogP contribution in [-0.4, -0.2) is 35.1 Å².